The largest absolute Gasteiger partial charge is 0.396 e. The lowest BCUT2D eigenvalue weighted by Crippen LogP contribution is -1.78. The first-order valence-electron chi connectivity index (χ1n) is 3.90. The predicted octanol–water partition coefficient (Wildman–Crippen LogP) is 2.58. The van der Waals surface area contributed by atoms with Crippen molar-refractivity contribution < 1.29 is 5.11 Å². The highest BCUT2D eigenvalue weighted by Gasteiger charge is 1.84. The van der Waals surface area contributed by atoms with E-state index < -0.39 is 0 Å². The van der Waals surface area contributed by atoms with Crippen LogP contribution in [0.4, 0.5) is 0 Å². The quantitative estimate of drug-likeness (QED) is 0.491. The molecule has 2 heteroatoms. The molecule has 0 aromatic rings. The molecule has 0 bridgehead atoms. The molecule has 0 heterocycles. The topological polar surface area (TPSA) is 20.2 Å². The van der Waals surface area contributed by atoms with Crippen LogP contribution < -0.4 is 0 Å². The lowest BCUT2D eigenvalue weighted by atomic mass is 10.3. The zero-order valence-electron chi connectivity index (χ0n) is 7.05. The average Bonchev–Trinajstić information content (AvgIpc) is 1.99. The van der Waals surface area contributed by atoms with Crippen molar-refractivity contribution >= 4 is 11.8 Å². The summed E-state index contributed by atoms with van der Waals surface area (Å²) in [6.45, 7) is 6.24. The van der Waals surface area contributed by atoms with E-state index in [9.17, 15) is 0 Å². The SMILES string of the molecule is C=C(/C=C\CCCO)SCC. The van der Waals surface area contributed by atoms with Crippen molar-refractivity contribution in [3.8, 4) is 0 Å². The number of thioether (sulfide) groups is 1. The van der Waals surface area contributed by atoms with E-state index in [2.05, 4.69) is 19.6 Å². The molecule has 0 aromatic heterocycles. The van der Waals surface area contributed by atoms with Gasteiger partial charge in [-0.1, -0.05) is 25.7 Å². The molecule has 0 saturated carbocycles. The van der Waals surface area contributed by atoms with Crippen molar-refractivity contribution in [2.75, 3.05) is 12.4 Å². The van der Waals surface area contributed by atoms with Gasteiger partial charge in [0.25, 0.3) is 0 Å². The van der Waals surface area contributed by atoms with Crippen LogP contribution in [0.15, 0.2) is 23.6 Å². The lowest BCUT2D eigenvalue weighted by Gasteiger charge is -1.94. The second-order valence-electron chi connectivity index (χ2n) is 2.17. The van der Waals surface area contributed by atoms with Gasteiger partial charge in [-0.25, -0.2) is 0 Å². The van der Waals surface area contributed by atoms with Gasteiger partial charge in [0, 0.05) is 6.61 Å². The summed E-state index contributed by atoms with van der Waals surface area (Å²) in [4.78, 5) is 1.10. The molecule has 0 radical (unpaired) electrons. The summed E-state index contributed by atoms with van der Waals surface area (Å²) in [7, 11) is 0. The summed E-state index contributed by atoms with van der Waals surface area (Å²) in [5, 5.41) is 8.47. The standard InChI is InChI=1S/C9H16OS/c1-3-11-9(2)7-5-4-6-8-10/h5,7,10H,2-4,6,8H2,1H3/b7-5-. The zero-order chi connectivity index (χ0) is 8.53. The first-order chi connectivity index (χ1) is 5.31. The molecule has 1 nitrogen and oxygen atoms in total. The van der Waals surface area contributed by atoms with E-state index >= 15 is 0 Å². The van der Waals surface area contributed by atoms with Crippen molar-refractivity contribution in [2.45, 2.75) is 19.8 Å². The summed E-state index contributed by atoms with van der Waals surface area (Å²) >= 11 is 1.75. The monoisotopic (exact) mass is 172 g/mol. The van der Waals surface area contributed by atoms with Crippen LogP contribution in [-0.2, 0) is 0 Å². The Labute approximate surface area is 73.2 Å². The summed E-state index contributed by atoms with van der Waals surface area (Å²) in [5.41, 5.74) is 0. The van der Waals surface area contributed by atoms with E-state index in [1.165, 1.54) is 0 Å². The number of aliphatic hydroxyl groups is 1. The first-order valence-corrected chi connectivity index (χ1v) is 4.89. The fourth-order valence-corrected chi connectivity index (χ4v) is 1.22. The van der Waals surface area contributed by atoms with Crippen molar-refractivity contribution in [1.29, 1.82) is 0 Å². The van der Waals surface area contributed by atoms with Crippen LogP contribution in [0.5, 0.6) is 0 Å². The molecular formula is C9H16OS. The minimum atomic E-state index is 0.276. The van der Waals surface area contributed by atoms with Gasteiger partial charge >= 0.3 is 0 Å². The molecule has 11 heavy (non-hydrogen) atoms. The highest BCUT2D eigenvalue weighted by Crippen LogP contribution is 2.13. The van der Waals surface area contributed by atoms with Crippen LogP contribution >= 0.6 is 11.8 Å². The number of hydrogen-bond donors (Lipinski definition) is 1. The Bertz CT molecular complexity index is 130. The van der Waals surface area contributed by atoms with Crippen LogP contribution in [-0.4, -0.2) is 17.5 Å². The fraction of sp³-hybridized carbons (Fsp3) is 0.556. The third-order valence-corrected chi connectivity index (χ3v) is 1.96. The van der Waals surface area contributed by atoms with Crippen molar-refractivity contribution in [3.63, 3.8) is 0 Å². The molecule has 0 fully saturated rings. The van der Waals surface area contributed by atoms with Gasteiger partial charge < -0.3 is 5.11 Å². The van der Waals surface area contributed by atoms with Crippen LogP contribution in [0.25, 0.3) is 0 Å². The van der Waals surface area contributed by atoms with Crippen molar-refractivity contribution in [2.24, 2.45) is 0 Å². The van der Waals surface area contributed by atoms with E-state index in [0.717, 1.165) is 23.5 Å². The number of hydrogen-bond acceptors (Lipinski definition) is 2. The molecule has 0 rings (SSSR count). The number of unbranched alkanes of at least 4 members (excludes halogenated alkanes) is 1. The lowest BCUT2D eigenvalue weighted by molar-refractivity contribution is 0.289. The summed E-state index contributed by atoms with van der Waals surface area (Å²) in [6, 6.07) is 0. The van der Waals surface area contributed by atoms with E-state index in [1.54, 1.807) is 11.8 Å². The predicted molar refractivity (Wildman–Crippen MR) is 52.7 cm³/mol. The zero-order valence-corrected chi connectivity index (χ0v) is 7.86. The number of aliphatic hydroxyl groups excluding tert-OH is 1. The number of rotatable bonds is 6. The average molecular weight is 172 g/mol. The smallest absolute Gasteiger partial charge is 0.0433 e. The fourth-order valence-electron chi connectivity index (χ4n) is 0.657. The first kappa shape index (κ1) is 10.8. The van der Waals surface area contributed by atoms with E-state index in [1.807, 2.05) is 6.08 Å². The van der Waals surface area contributed by atoms with Crippen LogP contribution in [0.2, 0.25) is 0 Å². The van der Waals surface area contributed by atoms with Gasteiger partial charge in [-0.2, -0.15) is 0 Å². The Morgan fingerprint density at radius 1 is 1.64 bits per heavy atom. The maximum atomic E-state index is 8.47. The summed E-state index contributed by atoms with van der Waals surface area (Å²) < 4.78 is 0. The molecular weight excluding hydrogens is 156 g/mol. The minimum absolute atomic E-state index is 0.276. The highest BCUT2D eigenvalue weighted by molar-refractivity contribution is 8.03. The minimum Gasteiger partial charge on any atom is -0.396 e. The molecule has 0 unspecified atom stereocenters. The van der Waals surface area contributed by atoms with Gasteiger partial charge in [0.2, 0.25) is 0 Å². The Hall–Kier alpha value is -0.210. The second kappa shape index (κ2) is 7.89. The van der Waals surface area contributed by atoms with Crippen LogP contribution in [0, 0.1) is 0 Å². The van der Waals surface area contributed by atoms with Gasteiger partial charge in [0.15, 0.2) is 0 Å². The normalized spacial score (nSPS) is 10.7. The molecule has 0 aliphatic heterocycles. The second-order valence-corrected chi connectivity index (χ2v) is 3.56. The third-order valence-electron chi connectivity index (χ3n) is 1.16. The van der Waals surface area contributed by atoms with Crippen molar-refractivity contribution in [3.05, 3.63) is 23.6 Å². The van der Waals surface area contributed by atoms with Gasteiger partial charge in [0.1, 0.15) is 0 Å². The van der Waals surface area contributed by atoms with Gasteiger partial charge in [-0.15, -0.1) is 11.8 Å². The summed E-state index contributed by atoms with van der Waals surface area (Å²) in [6.07, 6.45) is 5.87. The molecule has 0 atom stereocenters. The van der Waals surface area contributed by atoms with Gasteiger partial charge in [-0.05, 0) is 23.5 Å². The molecule has 0 amide bonds. The molecule has 0 spiro atoms. The highest BCUT2D eigenvalue weighted by atomic mass is 32.2. The summed E-state index contributed by atoms with van der Waals surface area (Å²) in [5.74, 6) is 1.07. The van der Waals surface area contributed by atoms with Gasteiger partial charge in [-0.3, -0.25) is 0 Å². The molecule has 0 aromatic carbocycles. The maximum absolute atomic E-state index is 8.47. The Kier molecular flexibility index (Phi) is 7.74. The van der Waals surface area contributed by atoms with E-state index in [4.69, 9.17) is 5.11 Å². The molecule has 1 N–H and O–H groups in total. The molecule has 0 saturated heterocycles. The third kappa shape index (κ3) is 7.69. The Morgan fingerprint density at radius 2 is 2.36 bits per heavy atom. The maximum Gasteiger partial charge on any atom is 0.0433 e. The van der Waals surface area contributed by atoms with E-state index in [0.29, 0.717) is 0 Å². The van der Waals surface area contributed by atoms with Crippen molar-refractivity contribution in [1.82, 2.24) is 0 Å². The van der Waals surface area contributed by atoms with Gasteiger partial charge in [0.05, 0.1) is 0 Å². The Balaban J connectivity index is 3.32. The molecule has 64 valence electrons. The van der Waals surface area contributed by atoms with E-state index in [-0.39, 0.29) is 6.61 Å². The molecule has 0 aliphatic carbocycles. The Morgan fingerprint density at radius 3 is 2.91 bits per heavy atom. The molecule has 0 aliphatic rings. The van der Waals surface area contributed by atoms with Crippen LogP contribution in [0.3, 0.4) is 0 Å². The number of allylic oxidation sites excluding steroid dienone is 2. The van der Waals surface area contributed by atoms with Crippen LogP contribution in [0.1, 0.15) is 19.8 Å².